The summed E-state index contributed by atoms with van der Waals surface area (Å²) in [5.74, 6) is -1.24. The van der Waals surface area contributed by atoms with E-state index in [0.717, 1.165) is 12.8 Å². The number of carbonyl (C=O) groups excluding carboxylic acids is 1. The molecule has 7 nitrogen and oxygen atoms in total. The fraction of sp³-hybridized carbons (Fsp3) is 0.467. The number of hydrogen-bond acceptors (Lipinski definition) is 4. The number of carboxylic acids is 1. The Hall–Kier alpha value is -2.44. The molecule has 1 N–H and O–H groups in total. The van der Waals surface area contributed by atoms with Crippen LogP contribution in [0.15, 0.2) is 24.3 Å². The second-order valence-electron chi connectivity index (χ2n) is 5.47. The van der Waals surface area contributed by atoms with E-state index in [9.17, 15) is 19.7 Å². The van der Waals surface area contributed by atoms with E-state index >= 15 is 0 Å². The molecule has 1 aromatic carbocycles. The van der Waals surface area contributed by atoms with Crippen molar-refractivity contribution in [1.29, 1.82) is 0 Å². The monoisotopic (exact) mass is 306 g/mol. The van der Waals surface area contributed by atoms with Crippen molar-refractivity contribution >= 4 is 17.6 Å². The van der Waals surface area contributed by atoms with Gasteiger partial charge in [0, 0.05) is 24.6 Å². The van der Waals surface area contributed by atoms with Gasteiger partial charge in [-0.3, -0.25) is 14.9 Å². The second-order valence-corrected chi connectivity index (χ2v) is 5.47. The molecule has 1 atom stereocenters. The molecule has 1 aliphatic carbocycles. The molecule has 1 aromatic rings. The first-order valence-electron chi connectivity index (χ1n) is 7.17. The van der Waals surface area contributed by atoms with E-state index < -0.39 is 16.9 Å². The van der Waals surface area contributed by atoms with Crippen LogP contribution in [0.4, 0.5) is 5.69 Å². The van der Waals surface area contributed by atoms with Gasteiger partial charge in [-0.1, -0.05) is 12.1 Å². The molecule has 0 bridgehead atoms. The first-order chi connectivity index (χ1) is 10.4. The van der Waals surface area contributed by atoms with Crippen molar-refractivity contribution in [3.63, 3.8) is 0 Å². The summed E-state index contributed by atoms with van der Waals surface area (Å²) in [6.45, 7) is 1.51. The number of carbonyl (C=O) groups is 2. The Labute approximate surface area is 127 Å². The van der Waals surface area contributed by atoms with Gasteiger partial charge in [-0.2, -0.15) is 0 Å². The largest absolute Gasteiger partial charge is 0.480 e. The standard InChI is InChI=1S/C15H18N2O5/c1-10(15(19)20)16(12-6-7-12)14(18)8-5-11-3-2-4-13(9-11)17(21)22/h2-4,9-10,12H,5-8H2,1H3,(H,19,20). The van der Waals surface area contributed by atoms with Crippen molar-refractivity contribution < 1.29 is 19.6 Å². The highest BCUT2D eigenvalue weighted by molar-refractivity contribution is 5.84. The van der Waals surface area contributed by atoms with E-state index in [1.54, 1.807) is 12.1 Å². The second kappa shape index (κ2) is 6.55. The fourth-order valence-electron chi connectivity index (χ4n) is 2.41. The summed E-state index contributed by atoms with van der Waals surface area (Å²) in [5, 5.41) is 19.8. The van der Waals surface area contributed by atoms with Gasteiger partial charge in [-0.25, -0.2) is 4.79 Å². The van der Waals surface area contributed by atoms with Crippen LogP contribution in [0.3, 0.4) is 0 Å². The lowest BCUT2D eigenvalue weighted by atomic mass is 10.1. The zero-order valence-corrected chi connectivity index (χ0v) is 12.3. The van der Waals surface area contributed by atoms with Crippen molar-refractivity contribution in [2.45, 2.75) is 44.7 Å². The Morgan fingerprint density at radius 3 is 2.68 bits per heavy atom. The minimum Gasteiger partial charge on any atom is -0.480 e. The number of nitro benzene ring substituents is 1. The van der Waals surface area contributed by atoms with Crippen LogP contribution in [-0.4, -0.2) is 38.9 Å². The van der Waals surface area contributed by atoms with Crippen molar-refractivity contribution in [3.05, 3.63) is 39.9 Å². The third kappa shape index (κ3) is 3.81. The molecule has 0 aromatic heterocycles. The molecule has 1 aliphatic rings. The third-order valence-corrected chi connectivity index (χ3v) is 3.75. The molecule has 1 unspecified atom stereocenters. The van der Waals surface area contributed by atoms with Crippen LogP contribution in [0.5, 0.6) is 0 Å². The molecule has 0 heterocycles. The SMILES string of the molecule is CC(C(=O)O)N(C(=O)CCc1cccc([N+](=O)[O-])c1)C1CC1. The number of hydrogen-bond donors (Lipinski definition) is 1. The van der Waals surface area contributed by atoms with Gasteiger partial charge in [0.1, 0.15) is 6.04 Å². The highest BCUT2D eigenvalue weighted by Gasteiger charge is 2.37. The van der Waals surface area contributed by atoms with E-state index in [1.807, 2.05) is 0 Å². The summed E-state index contributed by atoms with van der Waals surface area (Å²) in [4.78, 5) is 35.1. The predicted molar refractivity (Wildman–Crippen MR) is 78.4 cm³/mol. The quantitative estimate of drug-likeness (QED) is 0.613. The normalized spacial score (nSPS) is 15.1. The number of aryl methyl sites for hydroxylation is 1. The van der Waals surface area contributed by atoms with Gasteiger partial charge in [0.2, 0.25) is 5.91 Å². The van der Waals surface area contributed by atoms with Gasteiger partial charge in [0.05, 0.1) is 4.92 Å². The maximum absolute atomic E-state index is 12.3. The average molecular weight is 306 g/mol. The number of aliphatic carboxylic acids is 1. The molecule has 1 saturated carbocycles. The van der Waals surface area contributed by atoms with E-state index in [2.05, 4.69) is 0 Å². The van der Waals surface area contributed by atoms with Gasteiger partial charge in [-0.15, -0.1) is 0 Å². The summed E-state index contributed by atoms with van der Waals surface area (Å²) >= 11 is 0. The minimum absolute atomic E-state index is 0.0112. The third-order valence-electron chi connectivity index (χ3n) is 3.75. The molecule has 7 heteroatoms. The van der Waals surface area contributed by atoms with Gasteiger partial charge in [0.25, 0.3) is 5.69 Å². The Balaban J connectivity index is 2.00. The van der Waals surface area contributed by atoms with Crippen LogP contribution < -0.4 is 0 Å². The first-order valence-corrected chi connectivity index (χ1v) is 7.17. The highest BCUT2D eigenvalue weighted by atomic mass is 16.6. The molecule has 0 radical (unpaired) electrons. The lowest BCUT2D eigenvalue weighted by Gasteiger charge is -2.26. The van der Waals surface area contributed by atoms with Crippen LogP contribution in [0.25, 0.3) is 0 Å². The van der Waals surface area contributed by atoms with Crippen LogP contribution in [0.1, 0.15) is 31.7 Å². The van der Waals surface area contributed by atoms with Crippen LogP contribution >= 0.6 is 0 Å². The lowest BCUT2D eigenvalue weighted by Crippen LogP contribution is -2.44. The smallest absolute Gasteiger partial charge is 0.326 e. The summed E-state index contributed by atoms with van der Waals surface area (Å²) in [6, 6.07) is 5.32. The Kier molecular flexibility index (Phi) is 4.75. The number of rotatable bonds is 7. The topological polar surface area (TPSA) is 101 Å². The molecular formula is C15H18N2O5. The average Bonchev–Trinajstić information content (AvgIpc) is 3.30. The zero-order chi connectivity index (χ0) is 16.3. The molecule has 118 valence electrons. The summed E-state index contributed by atoms with van der Waals surface area (Å²) in [7, 11) is 0. The summed E-state index contributed by atoms with van der Waals surface area (Å²) < 4.78 is 0. The molecule has 22 heavy (non-hydrogen) atoms. The molecule has 0 aliphatic heterocycles. The highest BCUT2D eigenvalue weighted by Crippen LogP contribution is 2.29. The number of nitrogens with zero attached hydrogens (tertiary/aromatic N) is 2. The van der Waals surface area contributed by atoms with Crippen molar-refractivity contribution in [3.8, 4) is 0 Å². The Morgan fingerprint density at radius 1 is 1.45 bits per heavy atom. The van der Waals surface area contributed by atoms with Crippen LogP contribution in [0, 0.1) is 10.1 Å². The van der Waals surface area contributed by atoms with E-state index in [-0.39, 0.29) is 24.1 Å². The van der Waals surface area contributed by atoms with Crippen LogP contribution in [0.2, 0.25) is 0 Å². The van der Waals surface area contributed by atoms with Gasteiger partial charge < -0.3 is 10.0 Å². The molecule has 0 saturated heterocycles. The predicted octanol–water partition coefficient (Wildman–Crippen LogP) is 1.99. The first kappa shape index (κ1) is 15.9. The van der Waals surface area contributed by atoms with Crippen molar-refractivity contribution in [1.82, 2.24) is 4.90 Å². The van der Waals surface area contributed by atoms with E-state index in [4.69, 9.17) is 5.11 Å². The van der Waals surface area contributed by atoms with Gasteiger partial charge in [-0.05, 0) is 31.7 Å². The van der Waals surface area contributed by atoms with E-state index in [1.165, 1.54) is 24.0 Å². The Morgan fingerprint density at radius 2 is 2.14 bits per heavy atom. The lowest BCUT2D eigenvalue weighted by molar-refractivity contribution is -0.384. The zero-order valence-electron chi connectivity index (χ0n) is 12.3. The van der Waals surface area contributed by atoms with E-state index in [0.29, 0.717) is 12.0 Å². The summed E-state index contributed by atoms with van der Waals surface area (Å²) in [6.07, 6.45) is 2.17. The number of non-ortho nitro benzene ring substituents is 1. The van der Waals surface area contributed by atoms with Gasteiger partial charge >= 0.3 is 5.97 Å². The fourth-order valence-corrected chi connectivity index (χ4v) is 2.41. The molecule has 0 spiro atoms. The number of amides is 1. The maximum Gasteiger partial charge on any atom is 0.326 e. The van der Waals surface area contributed by atoms with Crippen LogP contribution in [-0.2, 0) is 16.0 Å². The number of benzene rings is 1. The number of nitro groups is 1. The van der Waals surface area contributed by atoms with Crippen molar-refractivity contribution in [2.75, 3.05) is 0 Å². The summed E-state index contributed by atoms with van der Waals surface area (Å²) in [5.41, 5.74) is 0.684. The van der Waals surface area contributed by atoms with Crippen molar-refractivity contribution in [2.24, 2.45) is 0 Å². The molecule has 1 amide bonds. The minimum atomic E-state index is -1.02. The molecular weight excluding hydrogens is 288 g/mol. The molecule has 1 fully saturated rings. The maximum atomic E-state index is 12.3. The molecule has 2 rings (SSSR count). The van der Waals surface area contributed by atoms with Gasteiger partial charge in [0.15, 0.2) is 0 Å². The number of carboxylic acid groups (broad SMARTS) is 1. The Bertz CT molecular complexity index is 597.